The Morgan fingerprint density at radius 3 is 2.96 bits per heavy atom. The van der Waals surface area contributed by atoms with Crippen LogP contribution in [0.4, 0.5) is 0 Å². The highest BCUT2D eigenvalue weighted by atomic mass is 16.5. The molecule has 5 nitrogen and oxygen atoms in total. The minimum Gasteiger partial charge on any atom is -0.494 e. The molecule has 0 aromatic heterocycles. The maximum atomic E-state index is 12.6. The molecule has 1 aromatic carbocycles. The van der Waals surface area contributed by atoms with Crippen molar-refractivity contribution in [1.29, 1.82) is 5.26 Å². The molecule has 26 heavy (non-hydrogen) atoms. The van der Waals surface area contributed by atoms with E-state index in [0.717, 1.165) is 36.4 Å². The van der Waals surface area contributed by atoms with Gasteiger partial charge in [-0.1, -0.05) is 24.6 Å². The van der Waals surface area contributed by atoms with Crippen LogP contribution in [0.3, 0.4) is 0 Å². The number of carbonyl (C=O) groups excluding carboxylic acids is 1. The number of rotatable bonds is 6. The SMILES string of the molecule is CCOc1ccc(C)cc1C(C)NC(=O)/C(C#N)=C\N1CCCC(C)C1. The average molecular weight is 355 g/mol. The Kier molecular flexibility index (Phi) is 7.08. The van der Waals surface area contributed by atoms with Gasteiger partial charge in [-0.3, -0.25) is 4.79 Å². The zero-order chi connectivity index (χ0) is 19.1. The van der Waals surface area contributed by atoms with Gasteiger partial charge < -0.3 is 15.0 Å². The molecule has 2 rings (SSSR count). The number of hydrogen-bond donors (Lipinski definition) is 1. The van der Waals surface area contributed by atoms with E-state index in [2.05, 4.69) is 17.1 Å². The van der Waals surface area contributed by atoms with E-state index >= 15 is 0 Å². The molecule has 1 N–H and O–H groups in total. The monoisotopic (exact) mass is 355 g/mol. The van der Waals surface area contributed by atoms with Crippen molar-refractivity contribution in [1.82, 2.24) is 10.2 Å². The smallest absolute Gasteiger partial charge is 0.263 e. The second kappa shape index (κ2) is 9.28. The van der Waals surface area contributed by atoms with Crippen LogP contribution in [0.15, 0.2) is 30.0 Å². The third-order valence-electron chi connectivity index (χ3n) is 4.64. The van der Waals surface area contributed by atoms with Crippen molar-refractivity contribution in [2.75, 3.05) is 19.7 Å². The molecule has 1 aliphatic heterocycles. The first-order chi connectivity index (χ1) is 12.4. The Morgan fingerprint density at radius 1 is 1.54 bits per heavy atom. The van der Waals surface area contributed by atoms with Gasteiger partial charge in [-0.05, 0) is 45.6 Å². The van der Waals surface area contributed by atoms with Crippen molar-refractivity contribution >= 4 is 5.91 Å². The number of benzene rings is 1. The predicted molar refractivity (Wildman–Crippen MR) is 103 cm³/mol. The molecule has 0 aliphatic carbocycles. The van der Waals surface area contributed by atoms with E-state index < -0.39 is 0 Å². The Bertz CT molecular complexity index is 706. The second-order valence-corrected chi connectivity index (χ2v) is 7.07. The Morgan fingerprint density at radius 2 is 2.31 bits per heavy atom. The van der Waals surface area contributed by atoms with Crippen molar-refractivity contribution in [3.8, 4) is 11.8 Å². The number of carbonyl (C=O) groups is 1. The number of amides is 1. The first kappa shape index (κ1) is 19.8. The van der Waals surface area contributed by atoms with Crippen LogP contribution in [-0.4, -0.2) is 30.5 Å². The zero-order valence-electron chi connectivity index (χ0n) is 16.2. The number of nitrogens with one attached hydrogen (secondary N) is 1. The quantitative estimate of drug-likeness (QED) is 0.624. The Balaban J connectivity index is 2.12. The number of ether oxygens (including phenoxy) is 1. The summed E-state index contributed by atoms with van der Waals surface area (Å²) >= 11 is 0. The summed E-state index contributed by atoms with van der Waals surface area (Å²) in [6.07, 6.45) is 4.00. The van der Waals surface area contributed by atoms with Crippen LogP contribution < -0.4 is 10.1 Å². The zero-order valence-corrected chi connectivity index (χ0v) is 16.2. The van der Waals surface area contributed by atoms with E-state index in [1.807, 2.05) is 45.0 Å². The lowest BCUT2D eigenvalue weighted by molar-refractivity contribution is -0.117. The Labute approximate surface area is 156 Å². The van der Waals surface area contributed by atoms with Crippen molar-refractivity contribution in [3.63, 3.8) is 0 Å². The van der Waals surface area contributed by atoms with E-state index in [-0.39, 0.29) is 17.5 Å². The maximum Gasteiger partial charge on any atom is 0.263 e. The van der Waals surface area contributed by atoms with E-state index in [9.17, 15) is 10.1 Å². The average Bonchev–Trinajstić information content (AvgIpc) is 2.61. The van der Waals surface area contributed by atoms with Crippen molar-refractivity contribution in [2.45, 2.75) is 46.6 Å². The third kappa shape index (κ3) is 5.26. The van der Waals surface area contributed by atoms with Crippen LogP contribution in [0.25, 0.3) is 0 Å². The van der Waals surface area contributed by atoms with Gasteiger partial charge in [0, 0.05) is 24.9 Å². The maximum absolute atomic E-state index is 12.6. The van der Waals surface area contributed by atoms with E-state index in [1.54, 1.807) is 6.20 Å². The molecule has 1 fully saturated rings. The first-order valence-corrected chi connectivity index (χ1v) is 9.34. The first-order valence-electron chi connectivity index (χ1n) is 9.34. The third-order valence-corrected chi connectivity index (χ3v) is 4.64. The fourth-order valence-electron chi connectivity index (χ4n) is 3.31. The van der Waals surface area contributed by atoms with Crippen LogP contribution in [-0.2, 0) is 4.79 Å². The van der Waals surface area contributed by atoms with Crippen LogP contribution in [0, 0.1) is 24.2 Å². The highest BCUT2D eigenvalue weighted by molar-refractivity contribution is 5.97. The van der Waals surface area contributed by atoms with Gasteiger partial charge in [0.1, 0.15) is 17.4 Å². The fourth-order valence-corrected chi connectivity index (χ4v) is 3.31. The van der Waals surface area contributed by atoms with Gasteiger partial charge in [0.15, 0.2) is 0 Å². The molecule has 1 aliphatic rings. The molecule has 5 heteroatoms. The van der Waals surface area contributed by atoms with Crippen LogP contribution in [0.1, 0.15) is 50.8 Å². The summed E-state index contributed by atoms with van der Waals surface area (Å²) in [6, 6.07) is 7.72. The molecular formula is C21H29N3O2. The van der Waals surface area contributed by atoms with Gasteiger partial charge in [0.25, 0.3) is 5.91 Å². The van der Waals surface area contributed by atoms with Gasteiger partial charge >= 0.3 is 0 Å². The molecule has 2 unspecified atom stereocenters. The molecule has 2 atom stereocenters. The summed E-state index contributed by atoms with van der Waals surface area (Å²) in [5.41, 5.74) is 2.17. The summed E-state index contributed by atoms with van der Waals surface area (Å²) in [7, 11) is 0. The van der Waals surface area contributed by atoms with Crippen LogP contribution in [0.2, 0.25) is 0 Å². The van der Waals surface area contributed by atoms with Crippen LogP contribution in [0.5, 0.6) is 5.75 Å². The number of nitriles is 1. The number of piperidine rings is 1. The van der Waals surface area contributed by atoms with Gasteiger partial charge in [0.05, 0.1) is 12.6 Å². The summed E-state index contributed by atoms with van der Waals surface area (Å²) in [5.74, 6) is 1.00. The fraction of sp³-hybridized carbons (Fsp3) is 0.524. The predicted octanol–water partition coefficient (Wildman–Crippen LogP) is 3.71. The number of hydrogen-bond acceptors (Lipinski definition) is 4. The molecule has 0 saturated carbocycles. The lowest BCUT2D eigenvalue weighted by Gasteiger charge is -2.30. The van der Waals surface area contributed by atoms with Gasteiger partial charge in [-0.15, -0.1) is 0 Å². The molecule has 1 aromatic rings. The highest BCUT2D eigenvalue weighted by Crippen LogP contribution is 2.26. The number of likely N-dealkylation sites (tertiary alicyclic amines) is 1. The van der Waals surface area contributed by atoms with Crippen molar-refractivity contribution in [3.05, 3.63) is 41.1 Å². The standard InChI is InChI=1S/C21H29N3O2/c1-5-26-20-9-8-15(2)11-19(20)17(4)23-21(25)18(12-22)14-24-10-6-7-16(3)13-24/h8-9,11,14,16-17H,5-7,10,13H2,1-4H3,(H,23,25)/b18-14-. The Hall–Kier alpha value is -2.48. The normalized spacial score (nSPS) is 18.8. The van der Waals surface area contributed by atoms with Crippen LogP contribution >= 0.6 is 0 Å². The number of aryl methyl sites for hydroxylation is 1. The van der Waals surface area contributed by atoms with Crippen molar-refractivity contribution in [2.24, 2.45) is 5.92 Å². The minimum atomic E-state index is -0.345. The molecular weight excluding hydrogens is 326 g/mol. The topological polar surface area (TPSA) is 65.4 Å². The summed E-state index contributed by atoms with van der Waals surface area (Å²) < 4.78 is 5.68. The molecule has 1 saturated heterocycles. The largest absolute Gasteiger partial charge is 0.494 e. The molecule has 140 valence electrons. The minimum absolute atomic E-state index is 0.150. The van der Waals surface area contributed by atoms with E-state index in [1.165, 1.54) is 6.42 Å². The molecule has 1 heterocycles. The lowest BCUT2D eigenvalue weighted by atomic mass is 10.0. The number of nitrogens with zero attached hydrogens (tertiary/aromatic N) is 2. The summed E-state index contributed by atoms with van der Waals surface area (Å²) in [5, 5.41) is 12.4. The second-order valence-electron chi connectivity index (χ2n) is 7.07. The molecule has 0 radical (unpaired) electrons. The van der Waals surface area contributed by atoms with Gasteiger partial charge in [-0.2, -0.15) is 5.26 Å². The molecule has 1 amide bonds. The lowest BCUT2D eigenvalue weighted by Crippen LogP contribution is -2.33. The van der Waals surface area contributed by atoms with E-state index in [0.29, 0.717) is 12.5 Å². The van der Waals surface area contributed by atoms with Gasteiger partial charge in [0.2, 0.25) is 0 Å². The summed E-state index contributed by atoms with van der Waals surface area (Å²) in [4.78, 5) is 14.7. The summed E-state index contributed by atoms with van der Waals surface area (Å²) in [6.45, 7) is 10.4. The molecule has 0 spiro atoms. The van der Waals surface area contributed by atoms with Gasteiger partial charge in [-0.25, -0.2) is 0 Å². The van der Waals surface area contributed by atoms with Crippen molar-refractivity contribution < 1.29 is 9.53 Å². The molecule has 0 bridgehead atoms. The van der Waals surface area contributed by atoms with E-state index in [4.69, 9.17) is 4.74 Å². The highest BCUT2D eigenvalue weighted by Gasteiger charge is 2.20.